The number of benzene rings is 2. The van der Waals surface area contributed by atoms with Crippen LogP contribution in [0.5, 0.6) is 0 Å². The molecule has 3 rings (SSSR count). The molecule has 174 valence electrons. The van der Waals surface area contributed by atoms with E-state index in [1.54, 1.807) is 6.20 Å². The van der Waals surface area contributed by atoms with Gasteiger partial charge in [-0.05, 0) is 24.0 Å². The molecule has 0 saturated heterocycles. The van der Waals surface area contributed by atoms with Crippen LogP contribution in [0, 0.1) is 11.8 Å². The van der Waals surface area contributed by atoms with Gasteiger partial charge in [-0.2, -0.15) is 0 Å². The van der Waals surface area contributed by atoms with Gasteiger partial charge in [0.1, 0.15) is 6.10 Å². The van der Waals surface area contributed by atoms with Crippen LogP contribution in [-0.4, -0.2) is 45.0 Å². The number of aromatic amines is 1. The van der Waals surface area contributed by atoms with Crippen molar-refractivity contribution in [1.82, 2.24) is 15.8 Å². The van der Waals surface area contributed by atoms with Gasteiger partial charge >= 0.3 is 0 Å². The molecule has 3 atom stereocenters. The predicted molar refractivity (Wildman–Crippen MR) is 124 cm³/mol. The number of Topliss-reactive ketones (excluding diaryl/α,β-unsaturated/α-hetero) is 1. The molecule has 8 nitrogen and oxygen atoms in total. The number of amides is 2. The van der Waals surface area contributed by atoms with Crippen molar-refractivity contribution in [2.75, 3.05) is 0 Å². The van der Waals surface area contributed by atoms with Gasteiger partial charge in [-0.15, -0.1) is 0 Å². The Hall–Kier alpha value is -3.49. The molecule has 0 spiro atoms. The van der Waals surface area contributed by atoms with E-state index in [9.17, 15) is 19.5 Å². The largest absolute Gasteiger partial charge is 0.382 e. The van der Waals surface area contributed by atoms with Gasteiger partial charge in [-0.1, -0.05) is 62.4 Å². The van der Waals surface area contributed by atoms with E-state index in [0.29, 0.717) is 5.56 Å². The Kier molecular flexibility index (Phi) is 7.97. The van der Waals surface area contributed by atoms with Crippen LogP contribution in [0.15, 0.2) is 60.8 Å². The van der Waals surface area contributed by atoms with Crippen LogP contribution in [0.25, 0.3) is 10.9 Å². The monoisotopic (exact) mass is 451 g/mol. The Morgan fingerprint density at radius 3 is 2.30 bits per heavy atom. The van der Waals surface area contributed by atoms with Gasteiger partial charge in [0.2, 0.25) is 5.91 Å². The quantitative estimate of drug-likeness (QED) is 0.184. The highest BCUT2D eigenvalue weighted by Crippen LogP contribution is 2.22. The predicted octanol–water partition coefficient (Wildman–Crippen LogP) is 2.61. The van der Waals surface area contributed by atoms with E-state index in [2.05, 4.69) is 10.3 Å². The lowest BCUT2D eigenvalue weighted by atomic mass is 9.89. The number of aliphatic hydroxyl groups excluding tert-OH is 1. The number of hydroxylamine groups is 1. The maximum atomic E-state index is 13.5. The molecule has 1 aromatic heterocycles. The number of para-hydroxylation sites is 1. The van der Waals surface area contributed by atoms with Crippen molar-refractivity contribution in [2.24, 2.45) is 11.8 Å². The van der Waals surface area contributed by atoms with Crippen LogP contribution in [0.2, 0.25) is 0 Å². The molecule has 5 N–H and O–H groups in total. The van der Waals surface area contributed by atoms with Gasteiger partial charge in [0.05, 0.1) is 12.0 Å². The number of ketones is 1. The zero-order chi connectivity index (χ0) is 24.0. The summed E-state index contributed by atoms with van der Waals surface area (Å²) in [6.07, 6.45) is 0.302. The summed E-state index contributed by atoms with van der Waals surface area (Å²) in [6.45, 7) is 3.70. The third kappa shape index (κ3) is 5.85. The zero-order valence-electron chi connectivity index (χ0n) is 18.6. The number of nitrogens with one attached hydrogen (secondary N) is 3. The van der Waals surface area contributed by atoms with Crippen molar-refractivity contribution < 1.29 is 24.7 Å². The second-order valence-electron chi connectivity index (χ2n) is 8.52. The number of aliphatic hydroxyl groups is 1. The lowest BCUT2D eigenvalue weighted by Crippen LogP contribution is -2.50. The molecular formula is C25H29N3O5. The molecule has 0 unspecified atom stereocenters. The number of carbonyl (C=O) groups is 3. The van der Waals surface area contributed by atoms with Crippen LogP contribution in [0.3, 0.4) is 0 Å². The first-order valence-electron chi connectivity index (χ1n) is 10.9. The first-order valence-corrected chi connectivity index (χ1v) is 10.9. The second-order valence-corrected chi connectivity index (χ2v) is 8.52. The zero-order valence-corrected chi connectivity index (χ0v) is 18.6. The molecule has 1 heterocycles. The third-order valence-electron chi connectivity index (χ3n) is 5.59. The number of carbonyl (C=O) groups excluding carboxylic acids is 3. The third-order valence-corrected chi connectivity index (χ3v) is 5.59. The number of fused-ring (bicyclic) bond motifs is 1. The highest BCUT2D eigenvalue weighted by molar-refractivity contribution is 6.11. The average molecular weight is 452 g/mol. The molecule has 0 radical (unpaired) electrons. The molecule has 0 aliphatic carbocycles. The van der Waals surface area contributed by atoms with Gasteiger partial charge < -0.3 is 15.4 Å². The molecule has 0 saturated carbocycles. The molecule has 3 aromatic rings. The molecule has 0 aliphatic heterocycles. The number of hydrogen-bond acceptors (Lipinski definition) is 5. The number of rotatable bonds is 10. The van der Waals surface area contributed by atoms with E-state index >= 15 is 0 Å². The van der Waals surface area contributed by atoms with Gasteiger partial charge in [0.25, 0.3) is 5.91 Å². The summed E-state index contributed by atoms with van der Waals surface area (Å²) in [7, 11) is 0. The molecule has 33 heavy (non-hydrogen) atoms. The summed E-state index contributed by atoms with van der Waals surface area (Å²) in [6, 6.07) is 15.8. The molecule has 0 bridgehead atoms. The standard InChI is InChI=1S/C25H29N3O5/c1-15(2)12-18(23(30)25(32)28-33)24(31)27-21(13-16-8-4-3-5-9-16)22(29)19-14-26-20-11-7-6-10-17(19)20/h3-11,14-15,18,21,23,26,30,33H,12-13H2,1-2H3,(H,27,31)(H,28,32)/t18-,21-,23+/m1/s1. The average Bonchev–Trinajstić information content (AvgIpc) is 3.25. The van der Waals surface area contributed by atoms with E-state index in [0.717, 1.165) is 16.5 Å². The highest BCUT2D eigenvalue weighted by atomic mass is 16.5. The Balaban J connectivity index is 1.92. The minimum atomic E-state index is -1.75. The molecule has 0 fully saturated rings. The molecule has 2 aromatic carbocycles. The lowest BCUT2D eigenvalue weighted by molar-refractivity contribution is -0.146. The first kappa shape index (κ1) is 24.2. The van der Waals surface area contributed by atoms with Crippen molar-refractivity contribution in [2.45, 2.75) is 38.8 Å². The van der Waals surface area contributed by atoms with Crippen molar-refractivity contribution in [1.29, 1.82) is 0 Å². The van der Waals surface area contributed by atoms with E-state index in [-0.39, 0.29) is 24.5 Å². The van der Waals surface area contributed by atoms with Crippen molar-refractivity contribution in [3.8, 4) is 0 Å². The summed E-state index contributed by atoms with van der Waals surface area (Å²) < 4.78 is 0. The summed E-state index contributed by atoms with van der Waals surface area (Å²) >= 11 is 0. The van der Waals surface area contributed by atoms with E-state index in [1.165, 1.54) is 5.48 Å². The Morgan fingerprint density at radius 1 is 0.970 bits per heavy atom. The molecule has 0 aliphatic rings. The van der Waals surface area contributed by atoms with Crippen molar-refractivity contribution in [3.05, 3.63) is 71.9 Å². The topological polar surface area (TPSA) is 132 Å². The normalized spacial score (nSPS) is 14.0. The second kappa shape index (κ2) is 10.9. The number of aromatic nitrogens is 1. The van der Waals surface area contributed by atoms with Gasteiger partial charge in [0, 0.05) is 29.1 Å². The van der Waals surface area contributed by atoms with Crippen molar-refractivity contribution >= 4 is 28.5 Å². The van der Waals surface area contributed by atoms with Gasteiger partial charge in [-0.3, -0.25) is 19.6 Å². The van der Waals surface area contributed by atoms with Crippen LogP contribution in [0.4, 0.5) is 0 Å². The van der Waals surface area contributed by atoms with Crippen LogP contribution in [0.1, 0.15) is 36.2 Å². The summed E-state index contributed by atoms with van der Waals surface area (Å²) in [5, 5.41) is 22.8. The van der Waals surface area contributed by atoms with E-state index < -0.39 is 29.9 Å². The minimum Gasteiger partial charge on any atom is -0.382 e. The summed E-state index contributed by atoms with van der Waals surface area (Å²) in [5.74, 6) is -3.13. The van der Waals surface area contributed by atoms with Crippen molar-refractivity contribution in [3.63, 3.8) is 0 Å². The first-order chi connectivity index (χ1) is 15.8. The fraction of sp³-hybridized carbons (Fsp3) is 0.320. The Bertz CT molecular complexity index is 1110. The van der Waals surface area contributed by atoms with Crippen LogP contribution < -0.4 is 10.8 Å². The number of H-pyrrole nitrogens is 1. The summed E-state index contributed by atoms with van der Waals surface area (Å²) in [5.41, 5.74) is 3.49. The summed E-state index contributed by atoms with van der Waals surface area (Å²) in [4.78, 5) is 41.6. The van der Waals surface area contributed by atoms with Gasteiger partial charge in [0.15, 0.2) is 5.78 Å². The minimum absolute atomic E-state index is 0.0150. The fourth-order valence-corrected chi connectivity index (χ4v) is 3.94. The Labute approximate surface area is 192 Å². The number of hydrogen-bond donors (Lipinski definition) is 5. The Morgan fingerprint density at radius 2 is 1.64 bits per heavy atom. The highest BCUT2D eigenvalue weighted by Gasteiger charge is 2.35. The maximum absolute atomic E-state index is 13.5. The van der Waals surface area contributed by atoms with Crippen LogP contribution in [-0.2, 0) is 16.0 Å². The maximum Gasteiger partial charge on any atom is 0.272 e. The smallest absolute Gasteiger partial charge is 0.272 e. The van der Waals surface area contributed by atoms with E-state index in [1.807, 2.05) is 68.4 Å². The SMILES string of the molecule is CC(C)C[C@@H](C(=O)N[C@H](Cc1ccccc1)C(=O)c1c[nH]c2ccccc12)[C@H](O)C(=O)NO. The van der Waals surface area contributed by atoms with Gasteiger partial charge in [-0.25, -0.2) is 5.48 Å². The molecular weight excluding hydrogens is 422 g/mol. The van der Waals surface area contributed by atoms with E-state index in [4.69, 9.17) is 5.21 Å². The van der Waals surface area contributed by atoms with Crippen LogP contribution >= 0.6 is 0 Å². The molecule has 2 amide bonds. The molecule has 8 heteroatoms. The fourth-order valence-electron chi connectivity index (χ4n) is 3.94. The lowest BCUT2D eigenvalue weighted by Gasteiger charge is -2.25.